The van der Waals surface area contributed by atoms with E-state index in [9.17, 15) is 27.6 Å². The Bertz CT molecular complexity index is 1580. The second-order valence-corrected chi connectivity index (χ2v) is 13.8. The fourth-order valence-electron chi connectivity index (χ4n) is 6.38. The summed E-state index contributed by atoms with van der Waals surface area (Å²) < 4.78 is 62.2. The summed E-state index contributed by atoms with van der Waals surface area (Å²) in [6, 6.07) is 17.5. The van der Waals surface area contributed by atoms with Gasteiger partial charge in [0.25, 0.3) is 0 Å². The lowest BCUT2D eigenvalue weighted by atomic mass is 9.84. The van der Waals surface area contributed by atoms with Gasteiger partial charge in [-0.1, -0.05) is 84.1 Å². The number of rotatable bonds is 21. The van der Waals surface area contributed by atoms with Gasteiger partial charge in [-0.3, -0.25) is 4.79 Å². The Labute approximate surface area is 311 Å². The van der Waals surface area contributed by atoms with Crippen LogP contribution in [0, 0.1) is 5.92 Å². The molecule has 0 N–H and O–H groups in total. The van der Waals surface area contributed by atoms with Crippen LogP contribution < -0.4 is 14.2 Å². The average Bonchev–Trinajstić information content (AvgIpc) is 3.15. The monoisotopic (exact) mass is 738 g/mol. The third kappa shape index (κ3) is 13.9. The Kier molecular flexibility index (Phi) is 16.7. The van der Waals surface area contributed by atoms with E-state index in [2.05, 4.69) is 6.92 Å². The summed E-state index contributed by atoms with van der Waals surface area (Å²) in [7, 11) is 0. The van der Waals surface area contributed by atoms with Gasteiger partial charge in [-0.15, -0.1) is 0 Å². The van der Waals surface area contributed by atoms with Gasteiger partial charge in [0.05, 0.1) is 23.7 Å². The molecule has 0 saturated heterocycles. The van der Waals surface area contributed by atoms with Crippen molar-refractivity contribution in [1.82, 2.24) is 0 Å². The van der Waals surface area contributed by atoms with Crippen molar-refractivity contribution >= 4 is 17.9 Å². The normalized spacial score (nSPS) is 14.5. The van der Waals surface area contributed by atoms with Crippen molar-refractivity contribution in [2.24, 2.45) is 5.92 Å². The van der Waals surface area contributed by atoms with Gasteiger partial charge in [-0.2, -0.15) is 13.2 Å². The van der Waals surface area contributed by atoms with Crippen LogP contribution in [-0.2, 0) is 22.4 Å². The second kappa shape index (κ2) is 21.4. The van der Waals surface area contributed by atoms with Crippen molar-refractivity contribution in [1.29, 1.82) is 0 Å². The number of aryl methyl sites for hydroxylation is 1. The van der Waals surface area contributed by atoms with E-state index in [0.717, 1.165) is 42.6 Å². The third-order valence-electron chi connectivity index (χ3n) is 9.55. The Hall–Kier alpha value is -4.34. The van der Waals surface area contributed by atoms with Gasteiger partial charge in [-0.25, -0.2) is 9.59 Å². The number of unbranched alkanes of at least 4 members (excludes halogenated alkanes) is 10. The molecule has 0 amide bonds. The molecule has 288 valence electrons. The van der Waals surface area contributed by atoms with E-state index in [4.69, 9.17) is 18.9 Å². The predicted octanol–water partition coefficient (Wildman–Crippen LogP) is 11.2. The lowest BCUT2D eigenvalue weighted by molar-refractivity contribution is -0.206. The summed E-state index contributed by atoms with van der Waals surface area (Å²) in [6.45, 7) is 4.85. The van der Waals surface area contributed by atoms with Crippen LogP contribution in [0.15, 0.2) is 66.7 Å². The fraction of sp³-hybridized carbons (Fsp3) is 0.512. The van der Waals surface area contributed by atoms with Gasteiger partial charge in [0.2, 0.25) is 0 Å². The molecule has 0 spiro atoms. The van der Waals surface area contributed by atoms with Crippen molar-refractivity contribution in [3.63, 3.8) is 0 Å². The summed E-state index contributed by atoms with van der Waals surface area (Å²) in [5.74, 6) is -0.866. The van der Waals surface area contributed by atoms with Crippen LogP contribution in [0.4, 0.5) is 13.2 Å². The molecule has 4 rings (SSSR count). The molecular weight excluding hydrogens is 685 g/mol. The molecule has 1 aliphatic carbocycles. The van der Waals surface area contributed by atoms with Gasteiger partial charge in [0.1, 0.15) is 17.2 Å². The topological polar surface area (TPSA) is 88.1 Å². The maximum atomic E-state index is 13.4. The van der Waals surface area contributed by atoms with Crippen molar-refractivity contribution in [3.05, 3.63) is 89.0 Å². The lowest BCUT2D eigenvalue weighted by Crippen LogP contribution is -2.33. The molecule has 3 aromatic carbocycles. The smallest absolute Gasteiger partial charge is 0.425 e. The summed E-state index contributed by atoms with van der Waals surface area (Å²) >= 11 is 0. The van der Waals surface area contributed by atoms with Crippen molar-refractivity contribution in [3.8, 4) is 17.2 Å². The number of carbonyl (C=O) groups is 3. The molecule has 0 heterocycles. The zero-order valence-corrected chi connectivity index (χ0v) is 31.0. The third-order valence-corrected chi connectivity index (χ3v) is 9.55. The molecule has 2 atom stereocenters. The van der Waals surface area contributed by atoms with E-state index in [0.29, 0.717) is 50.2 Å². The van der Waals surface area contributed by atoms with Crippen molar-refractivity contribution in [2.75, 3.05) is 6.61 Å². The first-order valence-corrected chi connectivity index (χ1v) is 19.2. The van der Waals surface area contributed by atoms with E-state index in [1.165, 1.54) is 62.8 Å². The Morgan fingerprint density at radius 2 is 1.23 bits per heavy atom. The van der Waals surface area contributed by atoms with Gasteiger partial charge >= 0.3 is 24.1 Å². The Morgan fingerprint density at radius 3 is 1.87 bits per heavy atom. The molecule has 0 fully saturated rings. The molecule has 0 bridgehead atoms. The largest absolute Gasteiger partial charge is 0.494 e. The second-order valence-electron chi connectivity index (χ2n) is 13.8. The first kappa shape index (κ1) is 41.4. The minimum atomic E-state index is -4.67. The highest BCUT2D eigenvalue weighted by molar-refractivity contribution is 5.94. The quantitative estimate of drug-likeness (QED) is 0.0611. The number of esters is 3. The average molecular weight is 739 g/mol. The predicted molar refractivity (Wildman–Crippen MR) is 198 cm³/mol. The highest BCUT2D eigenvalue weighted by Crippen LogP contribution is 2.31. The standard InChI is InChI=1S/C43H53F3O7/c1-3-5-7-9-10-11-12-14-28-50-36-24-26-37(27-25-36)51-42(49)35-21-20-34-30-38(23-22-33(34)29-35)52-40(47)31-16-18-32(19-17-31)41(48)53-39(43(44,45)46)15-13-8-6-4-2/h16-19,22-27,30,35,39H,3-15,20-21,28-29H2,1-2H3/t35?,39-/m1/s1. The summed E-state index contributed by atoms with van der Waals surface area (Å²) in [6.07, 6.45) is 7.06. The van der Waals surface area contributed by atoms with Crippen LogP contribution in [0.5, 0.6) is 17.2 Å². The minimum absolute atomic E-state index is 0.0957. The highest BCUT2D eigenvalue weighted by Gasteiger charge is 2.42. The maximum Gasteiger partial charge on any atom is 0.425 e. The summed E-state index contributed by atoms with van der Waals surface area (Å²) in [4.78, 5) is 38.3. The number of benzene rings is 3. The zero-order valence-electron chi connectivity index (χ0n) is 31.0. The van der Waals surface area contributed by atoms with E-state index in [-0.39, 0.29) is 29.4 Å². The van der Waals surface area contributed by atoms with E-state index >= 15 is 0 Å². The lowest BCUT2D eigenvalue weighted by Gasteiger charge is -2.23. The molecule has 0 radical (unpaired) electrons. The highest BCUT2D eigenvalue weighted by atomic mass is 19.4. The molecule has 0 aliphatic heterocycles. The molecule has 53 heavy (non-hydrogen) atoms. The number of carbonyl (C=O) groups excluding carboxylic acids is 3. The molecule has 0 aromatic heterocycles. The van der Waals surface area contributed by atoms with Gasteiger partial charge in [0.15, 0.2) is 6.10 Å². The van der Waals surface area contributed by atoms with E-state index < -0.39 is 24.2 Å². The van der Waals surface area contributed by atoms with E-state index in [1.54, 1.807) is 24.3 Å². The van der Waals surface area contributed by atoms with Crippen molar-refractivity contribution in [2.45, 2.75) is 129 Å². The van der Waals surface area contributed by atoms with Crippen LogP contribution in [0.1, 0.15) is 136 Å². The van der Waals surface area contributed by atoms with Gasteiger partial charge in [0, 0.05) is 0 Å². The molecular formula is C43H53F3O7. The maximum absolute atomic E-state index is 13.4. The number of halogens is 3. The first-order chi connectivity index (χ1) is 25.6. The Morgan fingerprint density at radius 1 is 0.660 bits per heavy atom. The van der Waals surface area contributed by atoms with Crippen LogP contribution >= 0.6 is 0 Å². The first-order valence-electron chi connectivity index (χ1n) is 19.2. The summed E-state index contributed by atoms with van der Waals surface area (Å²) in [5.41, 5.74) is 1.95. The molecule has 0 saturated carbocycles. The number of ether oxygens (including phenoxy) is 4. The van der Waals surface area contributed by atoms with Crippen LogP contribution in [0.25, 0.3) is 0 Å². The fourth-order valence-corrected chi connectivity index (χ4v) is 6.38. The summed E-state index contributed by atoms with van der Waals surface area (Å²) in [5, 5.41) is 0. The van der Waals surface area contributed by atoms with E-state index in [1.807, 2.05) is 25.1 Å². The Balaban J connectivity index is 1.21. The number of hydrogen-bond donors (Lipinski definition) is 0. The molecule has 1 unspecified atom stereocenters. The van der Waals surface area contributed by atoms with Crippen LogP contribution in [0.2, 0.25) is 0 Å². The van der Waals surface area contributed by atoms with Crippen LogP contribution in [0.3, 0.4) is 0 Å². The van der Waals surface area contributed by atoms with Crippen molar-refractivity contribution < 1.29 is 46.5 Å². The van der Waals surface area contributed by atoms with Gasteiger partial charge < -0.3 is 18.9 Å². The molecule has 3 aromatic rings. The molecule has 10 heteroatoms. The molecule has 7 nitrogen and oxygen atoms in total. The number of fused-ring (bicyclic) bond motifs is 1. The SMILES string of the molecule is CCCCCCCCCCOc1ccc(OC(=O)C2CCc3cc(OC(=O)c4ccc(C(=O)O[C@H](CCCCCC)C(F)(F)F)cc4)ccc3C2)cc1. The minimum Gasteiger partial charge on any atom is -0.494 e. The molecule has 1 aliphatic rings. The van der Waals surface area contributed by atoms with Crippen LogP contribution in [-0.4, -0.2) is 36.8 Å². The van der Waals surface area contributed by atoms with Gasteiger partial charge in [-0.05, 0) is 110 Å². The number of hydrogen-bond acceptors (Lipinski definition) is 7. The zero-order chi connectivity index (χ0) is 38.1. The number of alkyl halides is 3.